The molecule has 22 heavy (non-hydrogen) atoms. The van der Waals surface area contributed by atoms with Gasteiger partial charge in [-0.15, -0.1) is 0 Å². The van der Waals surface area contributed by atoms with E-state index in [4.69, 9.17) is 0 Å². The molecule has 124 valence electrons. The third-order valence-corrected chi connectivity index (χ3v) is 3.54. The van der Waals surface area contributed by atoms with E-state index in [0.29, 0.717) is 0 Å². The molecule has 6 heteroatoms. The van der Waals surface area contributed by atoms with Crippen molar-refractivity contribution in [3.63, 3.8) is 0 Å². The highest BCUT2D eigenvalue weighted by molar-refractivity contribution is 5.78. The highest BCUT2D eigenvalue weighted by Crippen LogP contribution is 2.32. The van der Waals surface area contributed by atoms with Crippen LogP contribution in [0.1, 0.15) is 38.3 Å². The molecular weight excluding hydrogens is 293 g/mol. The van der Waals surface area contributed by atoms with E-state index in [1.807, 2.05) is 20.8 Å². The molecule has 0 aliphatic carbocycles. The number of amides is 1. The summed E-state index contributed by atoms with van der Waals surface area (Å²) >= 11 is 0. The van der Waals surface area contributed by atoms with E-state index in [1.165, 1.54) is 12.1 Å². The summed E-state index contributed by atoms with van der Waals surface area (Å²) in [5, 5.41) is 2.86. The van der Waals surface area contributed by atoms with Crippen molar-refractivity contribution < 1.29 is 18.0 Å². The Labute approximate surface area is 129 Å². The molecule has 1 rings (SSSR count). The molecule has 0 atom stereocenters. The van der Waals surface area contributed by atoms with Crippen LogP contribution in [-0.2, 0) is 17.5 Å². The number of nitrogens with one attached hydrogen (secondary N) is 1. The zero-order chi connectivity index (χ0) is 17.0. The average molecular weight is 316 g/mol. The van der Waals surface area contributed by atoms with Crippen LogP contribution in [0.4, 0.5) is 13.2 Å². The number of nitrogens with zero attached hydrogens (tertiary/aromatic N) is 1. The van der Waals surface area contributed by atoms with Crippen LogP contribution in [0.5, 0.6) is 0 Å². The molecule has 0 saturated carbocycles. The van der Waals surface area contributed by atoms with E-state index >= 15 is 0 Å². The van der Waals surface area contributed by atoms with Crippen LogP contribution in [0.25, 0.3) is 0 Å². The minimum Gasteiger partial charge on any atom is -0.350 e. The van der Waals surface area contributed by atoms with E-state index in [9.17, 15) is 18.0 Å². The van der Waals surface area contributed by atoms with Gasteiger partial charge in [-0.1, -0.05) is 25.1 Å². The van der Waals surface area contributed by atoms with Gasteiger partial charge in [-0.25, -0.2) is 0 Å². The lowest BCUT2D eigenvalue weighted by Gasteiger charge is -2.26. The normalized spacial score (nSPS) is 12.5. The summed E-state index contributed by atoms with van der Waals surface area (Å²) in [5.74, 6) is -0.196. The first-order valence-corrected chi connectivity index (χ1v) is 7.20. The van der Waals surface area contributed by atoms with Crippen LogP contribution < -0.4 is 5.32 Å². The Morgan fingerprint density at radius 2 is 1.82 bits per heavy atom. The predicted molar refractivity (Wildman–Crippen MR) is 80.3 cm³/mol. The number of benzene rings is 1. The lowest BCUT2D eigenvalue weighted by atomic mass is 10.0. The zero-order valence-corrected chi connectivity index (χ0v) is 13.4. The molecule has 1 aromatic rings. The van der Waals surface area contributed by atoms with Crippen molar-refractivity contribution in [2.24, 2.45) is 0 Å². The number of hydrogen-bond donors (Lipinski definition) is 1. The van der Waals surface area contributed by atoms with Gasteiger partial charge in [-0.2, -0.15) is 13.2 Å². The van der Waals surface area contributed by atoms with Crippen molar-refractivity contribution in [3.8, 4) is 0 Å². The summed E-state index contributed by atoms with van der Waals surface area (Å²) in [7, 11) is 1.63. The Balaban J connectivity index is 2.70. The molecule has 1 aromatic carbocycles. The second-order valence-corrected chi connectivity index (χ2v) is 6.11. The standard InChI is InChI=1S/C16H23F3N2O/c1-5-15(2,3)20-14(22)11-21(4)10-12-8-6-7-9-13(12)16(17,18)19/h6-9H,5,10-11H2,1-4H3,(H,20,22). The smallest absolute Gasteiger partial charge is 0.350 e. The van der Waals surface area contributed by atoms with E-state index in [1.54, 1.807) is 18.0 Å². The highest BCUT2D eigenvalue weighted by Gasteiger charge is 2.33. The number of carbonyl (C=O) groups excluding carboxylic acids is 1. The molecule has 0 aliphatic rings. The molecule has 0 aliphatic heterocycles. The molecule has 0 saturated heterocycles. The van der Waals surface area contributed by atoms with Gasteiger partial charge in [-0.3, -0.25) is 9.69 Å². The van der Waals surface area contributed by atoms with Crippen molar-refractivity contribution in [3.05, 3.63) is 35.4 Å². The first-order chi connectivity index (χ1) is 10.0. The predicted octanol–water partition coefficient (Wildman–Crippen LogP) is 3.44. The molecule has 0 heterocycles. The molecule has 0 spiro atoms. The van der Waals surface area contributed by atoms with Crippen LogP contribution in [0, 0.1) is 0 Å². The fourth-order valence-electron chi connectivity index (χ4n) is 2.03. The van der Waals surface area contributed by atoms with Gasteiger partial charge in [-0.05, 0) is 38.9 Å². The van der Waals surface area contributed by atoms with E-state index in [2.05, 4.69) is 5.32 Å². The van der Waals surface area contributed by atoms with Crippen LogP contribution in [-0.4, -0.2) is 29.9 Å². The molecule has 0 radical (unpaired) electrons. The molecule has 0 aromatic heterocycles. The third-order valence-electron chi connectivity index (χ3n) is 3.54. The lowest BCUT2D eigenvalue weighted by Crippen LogP contribution is -2.46. The van der Waals surface area contributed by atoms with Crippen molar-refractivity contribution >= 4 is 5.91 Å². The summed E-state index contributed by atoms with van der Waals surface area (Å²) in [6.45, 7) is 5.89. The number of likely N-dealkylation sites (N-methyl/N-ethyl adjacent to an activating group) is 1. The minimum atomic E-state index is -4.39. The van der Waals surface area contributed by atoms with Gasteiger partial charge in [0.2, 0.25) is 5.91 Å². The zero-order valence-electron chi connectivity index (χ0n) is 13.4. The Morgan fingerprint density at radius 1 is 1.23 bits per heavy atom. The summed E-state index contributed by atoms with van der Waals surface area (Å²) in [4.78, 5) is 13.5. The summed E-state index contributed by atoms with van der Waals surface area (Å²) in [5.41, 5.74) is -0.807. The summed E-state index contributed by atoms with van der Waals surface area (Å²) in [6, 6.07) is 5.43. The van der Waals surface area contributed by atoms with Crippen LogP contribution in [0.3, 0.4) is 0 Å². The van der Waals surface area contributed by atoms with Crippen LogP contribution >= 0.6 is 0 Å². The molecule has 0 fully saturated rings. The van der Waals surface area contributed by atoms with Crippen LogP contribution in [0.2, 0.25) is 0 Å². The number of rotatable bonds is 6. The molecule has 3 nitrogen and oxygen atoms in total. The monoisotopic (exact) mass is 316 g/mol. The first kappa shape index (κ1) is 18.5. The second-order valence-electron chi connectivity index (χ2n) is 6.11. The Kier molecular flexibility index (Phi) is 6.00. The molecular formula is C16H23F3N2O. The fraction of sp³-hybridized carbons (Fsp3) is 0.562. The Morgan fingerprint density at radius 3 is 2.36 bits per heavy atom. The average Bonchev–Trinajstić information content (AvgIpc) is 2.37. The van der Waals surface area contributed by atoms with Gasteiger partial charge in [0.25, 0.3) is 0 Å². The highest BCUT2D eigenvalue weighted by atomic mass is 19.4. The molecule has 0 bridgehead atoms. The van der Waals surface area contributed by atoms with Crippen molar-refractivity contribution in [1.29, 1.82) is 0 Å². The number of halogens is 3. The molecule has 0 unspecified atom stereocenters. The summed E-state index contributed by atoms with van der Waals surface area (Å²) in [6.07, 6.45) is -3.61. The van der Waals surface area contributed by atoms with Crippen LogP contribution in [0.15, 0.2) is 24.3 Å². The van der Waals surface area contributed by atoms with Gasteiger partial charge in [0.05, 0.1) is 12.1 Å². The molecule has 1 amide bonds. The third kappa shape index (κ3) is 5.67. The number of hydrogen-bond acceptors (Lipinski definition) is 2. The van der Waals surface area contributed by atoms with Gasteiger partial charge < -0.3 is 5.32 Å². The topological polar surface area (TPSA) is 32.3 Å². The van der Waals surface area contributed by atoms with E-state index < -0.39 is 11.7 Å². The van der Waals surface area contributed by atoms with E-state index in [0.717, 1.165) is 12.5 Å². The minimum absolute atomic E-state index is 0.0512. The van der Waals surface area contributed by atoms with Gasteiger partial charge in [0.1, 0.15) is 0 Å². The maximum Gasteiger partial charge on any atom is 0.416 e. The maximum atomic E-state index is 12.9. The largest absolute Gasteiger partial charge is 0.416 e. The summed E-state index contributed by atoms with van der Waals surface area (Å²) < 4.78 is 38.8. The van der Waals surface area contributed by atoms with Gasteiger partial charge in [0.15, 0.2) is 0 Å². The fourth-order valence-corrected chi connectivity index (χ4v) is 2.03. The first-order valence-electron chi connectivity index (χ1n) is 7.20. The van der Waals surface area contributed by atoms with E-state index in [-0.39, 0.29) is 30.1 Å². The number of carbonyl (C=O) groups is 1. The number of alkyl halides is 3. The Bertz CT molecular complexity index is 512. The van der Waals surface area contributed by atoms with Crippen molar-refractivity contribution in [2.75, 3.05) is 13.6 Å². The Hall–Kier alpha value is -1.56. The van der Waals surface area contributed by atoms with Crippen molar-refractivity contribution in [1.82, 2.24) is 10.2 Å². The maximum absolute atomic E-state index is 12.9. The molecule has 1 N–H and O–H groups in total. The van der Waals surface area contributed by atoms with Gasteiger partial charge in [0, 0.05) is 12.1 Å². The second kappa shape index (κ2) is 7.13. The van der Waals surface area contributed by atoms with Gasteiger partial charge >= 0.3 is 6.18 Å². The van der Waals surface area contributed by atoms with Crippen molar-refractivity contribution in [2.45, 2.75) is 45.5 Å². The quantitative estimate of drug-likeness (QED) is 0.872. The lowest BCUT2D eigenvalue weighted by molar-refractivity contribution is -0.138. The SMILES string of the molecule is CCC(C)(C)NC(=O)CN(C)Cc1ccccc1C(F)(F)F.